The third kappa shape index (κ3) is 16.9. The van der Waals surface area contributed by atoms with Gasteiger partial charge in [0.25, 0.3) is 27.8 Å². The summed E-state index contributed by atoms with van der Waals surface area (Å²) in [6.45, 7) is 11.0. The van der Waals surface area contributed by atoms with Crippen molar-refractivity contribution >= 4 is 102 Å². The molecule has 4 fully saturated rings. The molecular formula is C72H87N13O15S2. The van der Waals surface area contributed by atoms with Gasteiger partial charge >= 0.3 is 18.1 Å². The molecule has 9 N–H and O–H groups in total. The molecule has 6 atom stereocenters. The number of thiazole rings is 1. The summed E-state index contributed by atoms with van der Waals surface area (Å²) in [4.78, 5) is 130. The van der Waals surface area contributed by atoms with Crippen LogP contribution in [-0.4, -0.2) is 164 Å². The first-order valence-electron chi connectivity index (χ1n) is 34.4. The number of carboxylic acid groups (broad SMARTS) is 1. The van der Waals surface area contributed by atoms with Gasteiger partial charge in [0.15, 0.2) is 10.8 Å². The fourth-order valence-electron chi connectivity index (χ4n) is 16.2. The summed E-state index contributed by atoms with van der Waals surface area (Å²) in [5.74, 6) is -4.52. The zero-order valence-electron chi connectivity index (χ0n) is 57.8. The van der Waals surface area contributed by atoms with Gasteiger partial charge in [-0.15, -0.1) is 0 Å². The van der Waals surface area contributed by atoms with Gasteiger partial charge in [-0.3, -0.25) is 48.2 Å². The van der Waals surface area contributed by atoms with Gasteiger partial charge in [-0.25, -0.2) is 24.4 Å². The van der Waals surface area contributed by atoms with E-state index in [0.717, 1.165) is 57.6 Å². The Bertz CT molecular complexity index is 4340. The second-order valence-electron chi connectivity index (χ2n) is 28.6. The fourth-order valence-corrected chi connectivity index (χ4v) is 17.5. The molecule has 4 aliphatic carbocycles. The van der Waals surface area contributed by atoms with E-state index in [1.54, 1.807) is 56.4 Å². The molecule has 4 bridgehead atoms. The number of unbranched alkanes of at least 4 members (excludes halogenated alkanes) is 2. The maximum atomic E-state index is 13.9. The second kappa shape index (κ2) is 30.5. The predicted octanol–water partition coefficient (Wildman–Crippen LogP) is 8.15. The largest absolute Gasteiger partial charge is 0.476 e. The monoisotopic (exact) mass is 1440 g/mol. The molecule has 6 aromatic rings. The van der Waals surface area contributed by atoms with Crippen LogP contribution in [-0.2, 0) is 69.7 Å². The molecule has 542 valence electrons. The topological polar surface area (TPSA) is 386 Å². The van der Waals surface area contributed by atoms with Gasteiger partial charge < -0.3 is 51.4 Å². The van der Waals surface area contributed by atoms with E-state index in [9.17, 15) is 61.2 Å². The number of primary amides is 1. The van der Waals surface area contributed by atoms with Crippen LogP contribution < -0.4 is 37.2 Å². The normalized spacial score (nSPS) is 20.9. The molecule has 3 aromatic carbocycles. The Morgan fingerprint density at radius 3 is 2.31 bits per heavy atom. The maximum absolute atomic E-state index is 13.9. The summed E-state index contributed by atoms with van der Waals surface area (Å²) < 4.78 is 49.6. The van der Waals surface area contributed by atoms with E-state index in [-0.39, 0.29) is 97.7 Å². The van der Waals surface area contributed by atoms with Crippen molar-refractivity contribution in [3.8, 4) is 11.1 Å². The highest BCUT2D eigenvalue weighted by Gasteiger charge is 2.74. The van der Waals surface area contributed by atoms with Crippen LogP contribution in [0.25, 0.3) is 21.3 Å². The number of anilines is 3. The van der Waals surface area contributed by atoms with Crippen LogP contribution in [0, 0.1) is 29.1 Å². The lowest BCUT2D eigenvalue weighted by Crippen LogP contribution is -2.54. The average Bonchev–Trinajstić information content (AvgIpc) is 1.50. The summed E-state index contributed by atoms with van der Waals surface area (Å²) in [6, 6.07) is 20.3. The predicted molar refractivity (Wildman–Crippen MR) is 379 cm³/mol. The maximum Gasteiger partial charge on any atom is 0.410 e. The van der Waals surface area contributed by atoms with Gasteiger partial charge in [-0.05, 0) is 152 Å². The molecule has 28 nitrogen and oxygen atoms in total. The number of fused-ring (bicyclic) bond motifs is 2. The number of aromatic nitrogens is 4. The Morgan fingerprint density at radius 1 is 0.824 bits per heavy atom. The number of imide groups is 1. The number of nitrogens with two attached hydrogens (primary N) is 1. The zero-order chi connectivity index (χ0) is 72.9. The van der Waals surface area contributed by atoms with Gasteiger partial charge in [0.1, 0.15) is 24.5 Å². The van der Waals surface area contributed by atoms with Crippen molar-refractivity contribution in [1.29, 1.82) is 0 Å². The lowest BCUT2D eigenvalue weighted by atomic mass is 9.60. The quantitative estimate of drug-likeness (QED) is 0.0112. The van der Waals surface area contributed by atoms with E-state index in [0.29, 0.717) is 90.6 Å². The van der Waals surface area contributed by atoms with Crippen LogP contribution >= 0.6 is 11.3 Å². The number of aromatic carboxylic acids is 1. The number of ether oxygens (including phenoxy) is 2. The molecule has 2 aliphatic heterocycles. The number of urea groups is 1. The van der Waals surface area contributed by atoms with Crippen LogP contribution in [0.4, 0.5) is 26.2 Å². The van der Waals surface area contributed by atoms with Crippen molar-refractivity contribution in [2.24, 2.45) is 27.9 Å². The number of carbonyl (C=O) groups is 9. The first kappa shape index (κ1) is 73.6. The molecule has 102 heavy (non-hydrogen) atoms. The number of nitrogens with one attached hydrogen (secondary N) is 5. The third-order valence-electron chi connectivity index (χ3n) is 20.4. The van der Waals surface area contributed by atoms with E-state index in [4.69, 9.17) is 25.3 Å². The first-order valence-corrected chi connectivity index (χ1v) is 36.8. The number of para-hydroxylation sites is 1. The van der Waals surface area contributed by atoms with Crippen LogP contribution in [0.15, 0.2) is 97.2 Å². The molecule has 6 aliphatic rings. The Hall–Kier alpha value is -9.65. The summed E-state index contributed by atoms with van der Waals surface area (Å²) in [7, 11) is -4.51. The fraction of sp³-hybridized carbons (Fsp3) is 0.472. The van der Waals surface area contributed by atoms with Crippen molar-refractivity contribution in [1.82, 2.24) is 45.5 Å². The number of hydrogen-bond acceptors (Lipinski definition) is 18. The molecule has 4 unspecified atom stereocenters. The van der Waals surface area contributed by atoms with Gasteiger partial charge in [0.2, 0.25) is 17.7 Å². The smallest absolute Gasteiger partial charge is 0.410 e. The number of hydrogen-bond donors (Lipinski definition) is 8. The van der Waals surface area contributed by atoms with Crippen LogP contribution in [0.2, 0.25) is 0 Å². The van der Waals surface area contributed by atoms with Crippen molar-refractivity contribution in [2.45, 2.75) is 149 Å². The number of nitrogens with zero attached hydrogens (tertiary/aromatic N) is 7. The minimum Gasteiger partial charge on any atom is -0.476 e. The number of benzene rings is 3. The van der Waals surface area contributed by atoms with Crippen LogP contribution in [0.5, 0.6) is 0 Å². The Morgan fingerprint density at radius 2 is 1.59 bits per heavy atom. The zero-order valence-corrected chi connectivity index (χ0v) is 59.4. The Labute approximate surface area is 594 Å². The molecule has 30 heteroatoms. The summed E-state index contributed by atoms with van der Waals surface area (Å²) in [5.41, 5.74) is 9.67. The number of rotatable bonds is 32. The highest BCUT2D eigenvalue weighted by atomic mass is 32.2. The molecule has 0 saturated heterocycles. The minimum absolute atomic E-state index is 0.0265. The third-order valence-corrected chi connectivity index (χ3v) is 22.1. The summed E-state index contributed by atoms with van der Waals surface area (Å²) in [5, 5.41) is 29.9. The number of carbonyl (C=O) groups excluding carboxylic acids is 8. The highest BCUT2D eigenvalue weighted by molar-refractivity contribution is 7.85. The lowest BCUT2D eigenvalue weighted by Gasteiger charge is -2.46. The minimum atomic E-state index is -4.51. The van der Waals surface area contributed by atoms with Crippen LogP contribution in [0.1, 0.15) is 142 Å². The molecule has 4 saturated carbocycles. The Kier molecular flexibility index (Phi) is 22.0. The summed E-state index contributed by atoms with van der Waals surface area (Å²) >= 11 is 1.40. The van der Waals surface area contributed by atoms with Crippen molar-refractivity contribution in [3.63, 3.8) is 0 Å². The molecule has 0 spiro atoms. The molecule has 5 heterocycles. The van der Waals surface area contributed by atoms with E-state index in [1.807, 2.05) is 59.0 Å². The van der Waals surface area contributed by atoms with Crippen molar-refractivity contribution in [3.05, 3.63) is 131 Å². The standard InChI is InChI=1S/C72H87N13O15S2/c1-44(2)60(80-57(86)18-7-6-10-29-84-58(87)25-26-59(84)88)64(91)77-54(16-12-28-74-66(73)94)63(90)76-48-21-19-46(20-22-48)37-99-68(95)82(32-34-102(96,97)98)31-33-100-72-40-69(4)38-70(72,5)41-71(39-69,42-72)43-85-45(3)51(35-75-85)49-23-24-56(79-61(49)65(92)93)83-30-27-47-13-11-14-50(52(47)36-83)62(89)81-67-78-53-15-8-9-17-55(53)101-67/h8-9,11,13-15,17,19-26,35,44,54,60H,6-7,10,12,16,18,27-34,36-43H2,1-5H3,(H,76,90)(H,77,91)(H,80,86)(H,92,93)(H3,73,74,94)(H,78,81,89)(H,96,97,98)/t54-,60-,69?,70?,71?,72?/m0/s1. The Balaban J connectivity index is 0.691. The van der Waals surface area contributed by atoms with Gasteiger partial charge in [-0.1, -0.05) is 81.9 Å². The molecular weight excluding hydrogens is 1350 g/mol. The molecule has 3 aromatic heterocycles. The molecule has 0 radical (unpaired) electrons. The number of amides is 9. The average molecular weight is 1440 g/mol. The number of carboxylic acids is 1. The SMILES string of the molecule is Cc1c(-c2ccc(N3CCc4cccc(C(=O)Nc5nc6ccccc6s5)c4C3)nc2C(=O)O)cnn1CC12CC3(C)CC(C)(C1)C(OCCN(CCS(=O)(=O)O)C(=O)OCc1ccc(NC(=O)[C@H](CCCNC(N)=O)NC(=O)[C@@H](NC(=O)CCCCCN4C(=O)C=CC4=O)C(C)C)cc1)(C3)C2. The van der Waals surface area contributed by atoms with E-state index in [2.05, 4.69) is 45.4 Å². The first-order chi connectivity index (χ1) is 48.5. The molecule has 12 rings (SSSR count). The van der Waals surface area contributed by atoms with Gasteiger partial charge in [-0.2, -0.15) is 13.5 Å². The van der Waals surface area contributed by atoms with Gasteiger partial charge in [0.05, 0.1) is 34.4 Å². The number of pyridine rings is 1. The van der Waals surface area contributed by atoms with Gasteiger partial charge in [0, 0.05) is 92.5 Å². The van der Waals surface area contributed by atoms with E-state index >= 15 is 0 Å². The summed E-state index contributed by atoms with van der Waals surface area (Å²) in [6.07, 6.45) is 9.80. The van der Waals surface area contributed by atoms with Crippen molar-refractivity contribution in [2.75, 3.05) is 60.6 Å². The van der Waals surface area contributed by atoms with E-state index < -0.39 is 75.9 Å². The lowest BCUT2D eigenvalue weighted by molar-refractivity contribution is -0.137. The van der Waals surface area contributed by atoms with Crippen molar-refractivity contribution < 1.29 is 70.7 Å². The van der Waals surface area contributed by atoms with E-state index in [1.165, 1.54) is 28.4 Å². The second-order valence-corrected chi connectivity index (χ2v) is 31.2. The molecule has 9 amide bonds. The van der Waals surface area contributed by atoms with Crippen LogP contribution in [0.3, 0.4) is 0 Å². The highest BCUT2D eigenvalue weighted by Crippen LogP contribution is 2.77.